The summed E-state index contributed by atoms with van der Waals surface area (Å²) in [5, 5.41) is 21.1. The van der Waals surface area contributed by atoms with Gasteiger partial charge in [-0.15, -0.1) is 11.6 Å². The molecular weight excluding hydrogens is 1780 g/mol. The number of aromatic nitrogens is 10. The summed E-state index contributed by atoms with van der Waals surface area (Å²) in [4.78, 5) is 76.1. The van der Waals surface area contributed by atoms with Crippen molar-refractivity contribution in [3.8, 4) is 0 Å². The smallest absolute Gasteiger partial charge is 0.244 e. The number of hydrogen-bond donors (Lipinski definition) is 3. The zero-order valence-corrected chi connectivity index (χ0v) is 63.5. The van der Waals surface area contributed by atoms with Crippen LogP contribution in [0.15, 0.2) is 122 Å². The molecule has 22 nitrogen and oxygen atoms in total. The van der Waals surface area contributed by atoms with Gasteiger partial charge in [0.1, 0.15) is 24.1 Å². The van der Waals surface area contributed by atoms with Crippen LogP contribution in [0.5, 0.6) is 0 Å². The van der Waals surface area contributed by atoms with E-state index in [-0.39, 0.29) is 56.7 Å². The number of aryl methyl sites for hydroxylation is 3. The van der Waals surface area contributed by atoms with Gasteiger partial charge in [0.2, 0.25) is 17.7 Å². The average Bonchev–Trinajstić information content (AvgIpc) is 1.71. The van der Waals surface area contributed by atoms with Gasteiger partial charge in [0.25, 0.3) is 0 Å². The molecule has 3 fully saturated rings. The number of aromatic amines is 1. The van der Waals surface area contributed by atoms with Crippen molar-refractivity contribution < 1.29 is 19.2 Å². The number of hydrogen-bond acceptors (Lipinski definition) is 16. The molecule has 3 aromatic carbocycles. The fraction of sp³-hybridized carbons (Fsp3) is 0.308. The van der Waals surface area contributed by atoms with Gasteiger partial charge in [-0.25, -0.2) is 24.6 Å². The number of rotatable bonds is 9. The summed E-state index contributed by atoms with van der Waals surface area (Å²) < 4.78 is 7.56. The van der Waals surface area contributed by atoms with Gasteiger partial charge in [-0.1, -0.05) is 61.3 Å². The van der Waals surface area contributed by atoms with E-state index in [1.54, 1.807) is 52.6 Å². The van der Waals surface area contributed by atoms with Crippen LogP contribution in [-0.2, 0) is 27.5 Å². The first kappa shape index (κ1) is 79.4. The zero-order chi connectivity index (χ0) is 67.6. The molecule has 3 aliphatic heterocycles. The zero-order valence-electron chi connectivity index (χ0n) is 51.1. The predicted octanol–water partition coefficient (Wildman–Crippen LogP) is 13.0. The molecule has 5 N–H and O–H groups in total. The summed E-state index contributed by atoms with van der Waals surface area (Å²) in [5.74, 6) is 8.25. The van der Waals surface area contributed by atoms with Gasteiger partial charge in [0.15, 0.2) is 23.2 Å². The van der Waals surface area contributed by atoms with Gasteiger partial charge >= 0.3 is 0 Å². The predicted molar refractivity (Wildman–Crippen MR) is 422 cm³/mol. The first-order valence-electron chi connectivity index (χ1n) is 29.2. The molecule has 13 rings (SSSR count). The van der Waals surface area contributed by atoms with E-state index in [2.05, 4.69) is 153 Å². The Morgan fingerprint density at radius 2 is 0.958 bits per heavy atom. The number of aldehydes is 1. The number of nitrogens with two attached hydrogens (primary N) is 2. The van der Waals surface area contributed by atoms with E-state index in [0.29, 0.717) is 43.7 Å². The first-order chi connectivity index (χ1) is 45.3. The summed E-state index contributed by atoms with van der Waals surface area (Å²) in [6.45, 7) is 15.7. The monoisotopic (exact) mass is 1850 g/mol. The number of fused-ring (bicyclic) bond motifs is 3. The highest BCUT2D eigenvalue weighted by molar-refractivity contribution is 14.1. The quantitative estimate of drug-likeness (QED) is 0.0303. The van der Waals surface area contributed by atoms with E-state index in [0.717, 1.165) is 139 Å². The number of nitrogens with zero attached hydrogens (tertiary/aromatic N) is 15. The fourth-order valence-electron chi connectivity index (χ4n) is 10.1. The molecule has 0 unspecified atom stereocenters. The topological polar surface area (TPSA) is 256 Å². The van der Waals surface area contributed by atoms with Crippen LogP contribution >= 0.6 is 148 Å². The van der Waals surface area contributed by atoms with Crippen molar-refractivity contribution in [2.75, 3.05) is 99.1 Å². The van der Waals surface area contributed by atoms with Crippen molar-refractivity contribution in [2.24, 2.45) is 11.7 Å². The Hall–Kier alpha value is -5.56. The maximum absolute atomic E-state index is 12.7. The number of carbonyl (C=O) groups is 4. The minimum Gasteiger partial charge on any atom is -0.368 e. The Kier molecular flexibility index (Phi) is 32.0. The Bertz CT molecular complexity index is 4210. The van der Waals surface area contributed by atoms with Crippen molar-refractivity contribution in [3.05, 3.63) is 179 Å². The third kappa shape index (κ3) is 21.2. The van der Waals surface area contributed by atoms with Crippen LogP contribution in [0.2, 0.25) is 20.2 Å². The Morgan fingerprint density at radius 3 is 1.40 bits per heavy atom. The summed E-state index contributed by atoms with van der Waals surface area (Å²) >= 11 is 38.2. The Labute approximate surface area is 638 Å². The van der Waals surface area contributed by atoms with Crippen LogP contribution in [0.1, 0.15) is 41.9 Å². The van der Waals surface area contributed by atoms with Crippen LogP contribution in [0.4, 0.5) is 17.1 Å². The second-order valence-electron chi connectivity index (χ2n) is 21.3. The van der Waals surface area contributed by atoms with E-state index < -0.39 is 0 Å². The number of amides is 3. The number of halogens is 9. The van der Waals surface area contributed by atoms with Crippen LogP contribution in [0.3, 0.4) is 0 Å². The van der Waals surface area contributed by atoms with Gasteiger partial charge in [0, 0.05) is 156 Å². The average molecular weight is 1860 g/mol. The number of alkyl halides is 1. The molecule has 0 saturated carbocycles. The number of benzene rings is 3. The van der Waals surface area contributed by atoms with E-state index in [1.165, 1.54) is 3.57 Å². The van der Waals surface area contributed by atoms with E-state index in [9.17, 15) is 19.2 Å². The number of piperazine rings is 3. The molecular formula is C65H73Cl5I4N18O4. The Balaban J connectivity index is 0.000000197. The van der Waals surface area contributed by atoms with Gasteiger partial charge < -0.3 is 29.4 Å². The molecule has 31 heteroatoms. The van der Waals surface area contributed by atoms with Crippen molar-refractivity contribution in [3.63, 3.8) is 0 Å². The molecule has 0 atom stereocenters. The lowest BCUT2D eigenvalue weighted by Gasteiger charge is -2.36. The van der Waals surface area contributed by atoms with E-state index in [4.69, 9.17) is 58.0 Å². The van der Waals surface area contributed by atoms with Crippen LogP contribution in [0.25, 0.3) is 33.1 Å². The summed E-state index contributed by atoms with van der Waals surface area (Å²) in [6, 6.07) is 25.7. The van der Waals surface area contributed by atoms with Gasteiger partial charge in [0.05, 0.1) is 34.1 Å². The molecule has 10 aromatic rings. The van der Waals surface area contributed by atoms with Gasteiger partial charge in [-0.05, 0) is 207 Å². The molecule has 7 aromatic heterocycles. The van der Waals surface area contributed by atoms with Crippen molar-refractivity contribution in [1.29, 1.82) is 0 Å². The van der Waals surface area contributed by atoms with E-state index in [1.807, 2.05) is 119 Å². The molecule has 3 amide bonds. The number of pyridine rings is 4. The highest BCUT2D eigenvalue weighted by atomic mass is 127. The van der Waals surface area contributed by atoms with Crippen LogP contribution in [0, 0.1) is 35.1 Å². The summed E-state index contributed by atoms with van der Waals surface area (Å²) in [6.07, 6.45) is 13.0. The lowest BCUT2D eigenvalue weighted by atomic mass is 10.2. The molecule has 3 aliphatic rings. The van der Waals surface area contributed by atoms with Crippen molar-refractivity contribution in [1.82, 2.24) is 64.4 Å². The number of H-pyrrole nitrogens is 1. The fourth-order valence-corrected chi connectivity index (χ4v) is 13.2. The maximum atomic E-state index is 12.7. The van der Waals surface area contributed by atoms with Crippen molar-refractivity contribution >= 4 is 223 Å². The number of anilines is 3. The highest BCUT2D eigenvalue weighted by Crippen LogP contribution is 2.28. The number of carbonyl (C=O) groups excluding carboxylic acids is 4. The largest absolute Gasteiger partial charge is 0.368 e. The molecule has 0 radical (unpaired) electrons. The second kappa shape index (κ2) is 38.7. The minimum atomic E-state index is 0. The van der Waals surface area contributed by atoms with E-state index >= 15 is 0 Å². The molecule has 0 bridgehead atoms. The molecule has 0 aliphatic carbocycles. The maximum Gasteiger partial charge on any atom is 0.244 e. The SMILES string of the molecule is C.C.Cc1cc(N2CCN(C(=O)CCl)CC2)ccc1Cl.Cc1cc(N2CCN(C(=O)Cn3cc4c(I)ccnc4n3)CC2)ccc1Cl.Cc1cc(N2CCN(C(=O)Cn3ncc4c(I)ccnc43)CC2)ccc1Cl.Ic1ccnc2[nH]ncc12.NN.O=Cc1c(I)ccnc1Cl. The van der Waals surface area contributed by atoms with Gasteiger partial charge in [-0.3, -0.25) is 40.6 Å². The Morgan fingerprint density at radius 1 is 0.531 bits per heavy atom. The summed E-state index contributed by atoms with van der Waals surface area (Å²) in [7, 11) is 0. The lowest BCUT2D eigenvalue weighted by molar-refractivity contribution is -0.133. The minimum absolute atomic E-state index is 0. The second-order valence-corrected chi connectivity index (χ2v) is 27.8. The number of nitrogens with one attached hydrogen (secondary N) is 1. The number of hydrazine groups is 1. The highest BCUT2D eigenvalue weighted by Gasteiger charge is 2.25. The molecule has 10 heterocycles. The van der Waals surface area contributed by atoms with Crippen molar-refractivity contribution in [2.45, 2.75) is 48.7 Å². The summed E-state index contributed by atoms with van der Waals surface area (Å²) in [5.41, 5.74) is 9.44. The van der Waals surface area contributed by atoms with Crippen LogP contribution in [-0.4, -0.2) is 173 Å². The molecule has 96 heavy (non-hydrogen) atoms. The van der Waals surface area contributed by atoms with Crippen LogP contribution < -0.4 is 26.4 Å². The molecule has 3 saturated heterocycles. The lowest BCUT2D eigenvalue weighted by Crippen LogP contribution is -2.49. The van der Waals surface area contributed by atoms with Gasteiger partial charge in [-0.2, -0.15) is 15.3 Å². The normalized spacial score (nSPS) is 13.4. The first-order valence-corrected chi connectivity index (χ1v) is 35.5. The third-order valence-electron chi connectivity index (χ3n) is 15.3. The molecule has 0 spiro atoms. The third-order valence-corrected chi connectivity index (χ3v) is 20.9. The molecule has 510 valence electrons. The standard InChI is InChI=1S/2C19H19ClIN5O.C13H16Cl2N2O.C6H3ClINO.C6H4IN3.2CH4.H4N2/c1-13-10-14(2-3-16(13)20)24-6-8-25(9-7-24)18(27)12-26-11-15-17(21)4-5-22-19(15)23-26;1-13-10-14(2-3-16(13)20)24-6-8-25(9-7-24)18(27)12-26-19-15(11-23-26)17(21)4-5-22-19;1-10-8-11(2-3-12(10)15)16-4-6-17(7-5-16)13(18)9-14;7-6-4(3-10)5(8)1-2-9-6;7-5-1-2-8-6-4(5)3-9-10-6;;;1-2/h2*2-5,10-11H,6-9,12H2,1H3;2-3,8H,4-7,9H2,1H3;1-3H;1-3H,(H,8,9,10);2*1H4;1-2H2.